The minimum atomic E-state index is -4.42. The second kappa shape index (κ2) is 6.22. The van der Waals surface area contributed by atoms with Crippen LogP contribution in [0.3, 0.4) is 0 Å². The van der Waals surface area contributed by atoms with Crippen LogP contribution in [0.5, 0.6) is 0 Å². The van der Waals surface area contributed by atoms with Crippen molar-refractivity contribution in [1.29, 1.82) is 0 Å². The maximum absolute atomic E-state index is 12.6. The number of anilines is 1. The van der Waals surface area contributed by atoms with Gasteiger partial charge in [0.25, 0.3) is 0 Å². The van der Waals surface area contributed by atoms with Crippen molar-refractivity contribution in [3.05, 3.63) is 22.8 Å². The highest BCUT2D eigenvalue weighted by molar-refractivity contribution is 6.33. The van der Waals surface area contributed by atoms with E-state index in [-0.39, 0.29) is 5.02 Å². The molecule has 3 rings (SSSR count). The molecule has 2 aliphatic rings. The van der Waals surface area contributed by atoms with Gasteiger partial charge >= 0.3 is 6.18 Å². The molecule has 1 aromatic heterocycles. The van der Waals surface area contributed by atoms with Gasteiger partial charge in [0, 0.05) is 45.0 Å². The highest BCUT2D eigenvalue weighted by atomic mass is 35.5. The standard InChI is InChI=1S/C14H17ClF3N3O/c15-12-7-10(14(16,17)18)8-19-13(12)21-4-2-20(3-5-21)11-1-6-22-9-11/h7-8,11H,1-6,9H2/t11-/m1/s1. The van der Waals surface area contributed by atoms with E-state index in [0.29, 0.717) is 24.9 Å². The molecule has 4 nitrogen and oxygen atoms in total. The minimum Gasteiger partial charge on any atom is -0.380 e. The van der Waals surface area contributed by atoms with Crippen LogP contribution in [0, 0.1) is 0 Å². The molecule has 0 aromatic carbocycles. The molecule has 0 bridgehead atoms. The van der Waals surface area contributed by atoms with Crippen LogP contribution >= 0.6 is 11.6 Å². The van der Waals surface area contributed by atoms with Crippen molar-refractivity contribution in [2.24, 2.45) is 0 Å². The monoisotopic (exact) mass is 335 g/mol. The first-order chi connectivity index (χ1) is 10.4. The molecule has 2 fully saturated rings. The van der Waals surface area contributed by atoms with Crippen molar-refractivity contribution in [2.75, 3.05) is 44.3 Å². The van der Waals surface area contributed by atoms with E-state index < -0.39 is 11.7 Å². The lowest BCUT2D eigenvalue weighted by molar-refractivity contribution is -0.137. The van der Waals surface area contributed by atoms with Crippen molar-refractivity contribution in [1.82, 2.24) is 9.88 Å². The smallest absolute Gasteiger partial charge is 0.380 e. The molecule has 0 N–H and O–H groups in total. The van der Waals surface area contributed by atoms with Gasteiger partial charge in [-0.1, -0.05) is 11.6 Å². The molecular weight excluding hydrogens is 319 g/mol. The number of hydrogen-bond donors (Lipinski definition) is 0. The summed E-state index contributed by atoms with van der Waals surface area (Å²) in [7, 11) is 0. The summed E-state index contributed by atoms with van der Waals surface area (Å²) in [6.07, 6.45) is -2.53. The Morgan fingerprint density at radius 3 is 2.50 bits per heavy atom. The quantitative estimate of drug-likeness (QED) is 0.831. The first-order valence-electron chi connectivity index (χ1n) is 7.24. The SMILES string of the molecule is FC(F)(F)c1cnc(N2CCN([C@@H]3CCOC3)CC2)c(Cl)c1. The highest BCUT2D eigenvalue weighted by Crippen LogP contribution is 2.33. The summed E-state index contributed by atoms with van der Waals surface area (Å²) in [6.45, 7) is 4.65. The van der Waals surface area contributed by atoms with Gasteiger partial charge in [0.05, 0.1) is 17.2 Å². The summed E-state index contributed by atoms with van der Waals surface area (Å²) in [4.78, 5) is 8.22. The number of rotatable bonds is 2. The first-order valence-corrected chi connectivity index (χ1v) is 7.62. The van der Waals surface area contributed by atoms with Gasteiger partial charge in [0.2, 0.25) is 0 Å². The van der Waals surface area contributed by atoms with Gasteiger partial charge < -0.3 is 9.64 Å². The van der Waals surface area contributed by atoms with Gasteiger partial charge in [0.15, 0.2) is 0 Å². The van der Waals surface area contributed by atoms with E-state index in [9.17, 15) is 13.2 Å². The Kier molecular flexibility index (Phi) is 4.47. The van der Waals surface area contributed by atoms with Crippen LogP contribution < -0.4 is 4.90 Å². The second-order valence-corrected chi connectivity index (χ2v) is 5.97. The first kappa shape index (κ1) is 15.8. The lowest BCUT2D eigenvalue weighted by Gasteiger charge is -2.38. The summed E-state index contributed by atoms with van der Waals surface area (Å²) >= 11 is 5.99. The average Bonchev–Trinajstić information content (AvgIpc) is 3.01. The van der Waals surface area contributed by atoms with E-state index in [4.69, 9.17) is 16.3 Å². The summed E-state index contributed by atoms with van der Waals surface area (Å²) in [5.41, 5.74) is -0.817. The Balaban J connectivity index is 1.66. The third-order valence-corrected chi connectivity index (χ3v) is 4.46. The van der Waals surface area contributed by atoms with Crippen LogP contribution in [0.2, 0.25) is 5.02 Å². The zero-order valence-electron chi connectivity index (χ0n) is 11.9. The molecule has 0 amide bonds. The number of piperazine rings is 1. The van der Waals surface area contributed by atoms with E-state index in [1.165, 1.54) is 0 Å². The molecule has 0 unspecified atom stereocenters. The minimum absolute atomic E-state index is 0.0486. The van der Waals surface area contributed by atoms with Gasteiger partial charge in [-0.3, -0.25) is 4.90 Å². The molecule has 2 aliphatic heterocycles. The molecule has 0 saturated carbocycles. The molecule has 2 saturated heterocycles. The second-order valence-electron chi connectivity index (χ2n) is 5.57. The third kappa shape index (κ3) is 3.31. The number of hydrogen-bond acceptors (Lipinski definition) is 4. The Morgan fingerprint density at radius 2 is 1.95 bits per heavy atom. The van der Waals surface area contributed by atoms with Crippen molar-refractivity contribution in [3.8, 4) is 0 Å². The molecule has 0 aliphatic carbocycles. The van der Waals surface area contributed by atoms with Crippen LogP contribution in [0.15, 0.2) is 12.3 Å². The fourth-order valence-electron chi connectivity index (χ4n) is 2.93. The van der Waals surface area contributed by atoms with E-state index >= 15 is 0 Å². The Hall–Kier alpha value is -1.05. The van der Waals surface area contributed by atoms with E-state index in [0.717, 1.165) is 45.0 Å². The van der Waals surface area contributed by atoms with Gasteiger partial charge in [-0.15, -0.1) is 0 Å². The highest BCUT2D eigenvalue weighted by Gasteiger charge is 2.33. The summed E-state index contributed by atoms with van der Waals surface area (Å²) in [5, 5.41) is 0.0486. The molecule has 22 heavy (non-hydrogen) atoms. The number of pyridine rings is 1. The zero-order chi connectivity index (χ0) is 15.7. The maximum Gasteiger partial charge on any atom is 0.417 e. The molecule has 3 heterocycles. The third-order valence-electron chi connectivity index (χ3n) is 4.18. The van der Waals surface area contributed by atoms with Gasteiger partial charge in [-0.2, -0.15) is 13.2 Å². The van der Waals surface area contributed by atoms with Gasteiger partial charge in [0.1, 0.15) is 5.82 Å². The number of halogens is 4. The number of nitrogens with zero attached hydrogens (tertiary/aromatic N) is 3. The van der Waals surface area contributed by atoms with Crippen LogP contribution in [0.4, 0.5) is 19.0 Å². The van der Waals surface area contributed by atoms with Crippen LogP contribution in [-0.4, -0.2) is 55.3 Å². The predicted octanol–water partition coefficient (Wildman–Crippen LogP) is 2.66. The van der Waals surface area contributed by atoms with Crippen LogP contribution in [-0.2, 0) is 10.9 Å². The number of ether oxygens (including phenoxy) is 1. The zero-order valence-corrected chi connectivity index (χ0v) is 12.7. The number of aromatic nitrogens is 1. The normalized spacial score (nSPS) is 24.0. The predicted molar refractivity (Wildman–Crippen MR) is 77.3 cm³/mol. The molecule has 8 heteroatoms. The van der Waals surface area contributed by atoms with E-state index in [1.807, 2.05) is 4.90 Å². The topological polar surface area (TPSA) is 28.6 Å². The van der Waals surface area contributed by atoms with Crippen molar-refractivity contribution >= 4 is 17.4 Å². The molecular formula is C14H17ClF3N3O. The van der Waals surface area contributed by atoms with E-state index in [2.05, 4.69) is 9.88 Å². The molecule has 0 radical (unpaired) electrons. The Morgan fingerprint density at radius 1 is 1.23 bits per heavy atom. The fraction of sp³-hybridized carbons (Fsp3) is 0.643. The average molecular weight is 336 g/mol. The summed E-state index contributed by atoms with van der Waals surface area (Å²) in [6, 6.07) is 1.40. The number of alkyl halides is 3. The lowest BCUT2D eigenvalue weighted by Crippen LogP contribution is -2.50. The molecule has 0 spiro atoms. The summed E-state index contributed by atoms with van der Waals surface area (Å²) < 4.78 is 43.3. The van der Waals surface area contributed by atoms with Crippen LogP contribution in [0.25, 0.3) is 0 Å². The van der Waals surface area contributed by atoms with Crippen molar-refractivity contribution < 1.29 is 17.9 Å². The van der Waals surface area contributed by atoms with Crippen molar-refractivity contribution in [2.45, 2.75) is 18.6 Å². The van der Waals surface area contributed by atoms with Gasteiger partial charge in [-0.05, 0) is 12.5 Å². The Labute approximate surface area is 131 Å². The van der Waals surface area contributed by atoms with E-state index in [1.54, 1.807) is 0 Å². The Bertz CT molecular complexity index is 527. The summed E-state index contributed by atoms with van der Waals surface area (Å²) in [5.74, 6) is 0.428. The van der Waals surface area contributed by atoms with Gasteiger partial charge in [-0.25, -0.2) is 4.98 Å². The maximum atomic E-state index is 12.6. The molecule has 1 aromatic rings. The molecule has 122 valence electrons. The van der Waals surface area contributed by atoms with Crippen LogP contribution in [0.1, 0.15) is 12.0 Å². The largest absolute Gasteiger partial charge is 0.417 e. The fourth-order valence-corrected chi connectivity index (χ4v) is 3.21. The lowest BCUT2D eigenvalue weighted by atomic mass is 10.2. The van der Waals surface area contributed by atoms with Crippen molar-refractivity contribution in [3.63, 3.8) is 0 Å². The molecule has 1 atom stereocenters.